The Hall–Kier alpha value is -1.17. The molecule has 76 valence electrons. The van der Waals surface area contributed by atoms with Gasteiger partial charge in [-0.2, -0.15) is 0 Å². The summed E-state index contributed by atoms with van der Waals surface area (Å²) in [5.74, 6) is 0.194. The van der Waals surface area contributed by atoms with Crippen molar-refractivity contribution in [2.45, 2.75) is 0 Å². The molecule has 2 rings (SSSR count). The van der Waals surface area contributed by atoms with Crippen LogP contribution in [0.25, 0.3) is 0 Å². The van der Waals surface area contributed by atoms with E-state index in [2.05, 4.69) is 4.98 Å². The average Bonchev–Trinajstić information content (AvgIpc) is 2.24. The lowest BCUT2D eigenvalue weighted by molar-refractivity contribution is 0.427. The molecule has 1 heterocycles. The Balaban J connectivity index is 2.25. The molecule has 0 aliphatic carbocycles. The third kappa shape index (κ3) is 2.65. The number of ether oxygens (including phenoxy) is 1. The van der Waals surface area contributed by atoms with Crippen LogP contribution in [0.15, 0.2) is 42.6 Å². The first-order valence-electron chi connectivity index (χ1n) is 4.29. The van der Waals surface area contributed by atoms with Gasteiger partial charge in [-0.1, -0.05) is 6.07 Å². The van der Waals surface area contributed by atoms with Crippen molar-refractivity contribution >= 4 is 22.6 Å². The zero-order valence-corrected chi connectivity index (χ0v) is 9.81. The SMILES string of the molecule is Fc1cc(I)ccc1Oc1ccccn1. The second kappa shape index (κ2) is 4.57. The molecule has 0 radical (unpaired) electrons. The number of hydrogen-bond acceptors (Lipinski definition) is 2. The van der Waals surface area contributed by atoms with Gasteiger partial charge < -0.3 is 4.74 Å². The minimum absolute atomic E-state index is 0.189. The van der Waals surface area contributed by atoms with Crippen LogP contribution >= 0.6 is 22.6 Å². The molecule has 0 aliphatic heterocycles. The maximum absolute atomic E-state index is 13.4. The predicted molar refractivity (Wildman–Crippen MR) is 63.4 cm³/mol. The summed E-state index contributed by atoms with van der Waals surface area (Å²) in [6, 6.07) is 10.0. The van der Waals surface area contributed by atoms with E-state index in [1.807, 2.05) is 22.6 Å². The fourth-order valence-corrected chi connectivity index (χ4v) is 1.53. The van der Waals surface area contributed by atoms with Gasteiger partial charge in [-0.3, -0.25) is 0 Å². The third-order valence-corrected chi connectivity index (χ3v) is 2.42. The van der Waals surface area contributed by atoms with Crippen LogP contribution in [-0.2, 0) is 0 Å². The van der Waals surface area contributed by atoms with Crippen LogP contribution in [0, 0.1) is 9.39 Å². The fraction of sp³-hybridized carbons (Fsp3) is 0. The molecule has 0 atom stereocenters. The van der Waals surface area contributed by atoms with Gasteiger partial charge in [0.1, 0.15) is 0 Å². The van der Waals surface area contributed by atoms with E-state index in [9.17, 15) is 4.39 Å². The molecule has 0 bridgehead atoms. The Morgan fingerprint density at radius 2 is 2.07 bits per heavy atom. The van der Waals surface area contributed by atoms with Crippen molar-refractivity contribution in [3.8, 4) is 11.6 Å². The minimum atomic E-state index is -0.382. The first-order chi connectivity index (χ1) is 7.25. The van der Waals surface area contributed by atoms with E-state index in [1.165, 1.54) is 6.07 Å². The number of aromatic nitrogens is 1. The summed E-state index contributed by atoms with van der Waals surface area (Å²) in [6.07, 6.45) is 1.60. The minimum Gasteiger partial charge on any atom is -0.436 e. The van der Waals surface area contributed by atoms with Crippen LogP contribution in [0.1, 0.15) is 0 Å². The Bertz CT molecular complexity index is 461. The number of nitrogens with zero attached hydrogens (tertiary/aromatic N) is 1. The molecule has 1 aromatic heterocycles. The highest BCUT2D eigenvalue weighted by molar-refractivity contribution is 14.1. The molecule has 1 aromatic carbocycles. The Labute approximate surface area is 100 Å². The zero-order valence-electron chi connectivity index (χ0n) is 7.65. The monoisotopic (exact) mass is 315 g/mol. The van der Waals surface area contributed by atoms with E-state index < -0.39 is 0 Å². The lowest BCUT2D eigenvalue weighted by Crippen LogP contribution is -1.90. The van der Waals surface area contributed by atoms with E-state index in [-0.39, 0.29) is 11.6 Å². The smallest absolute Gasteiger partial charge is 0.219 e. The second-order valence-corrected chi connectivity index (χ2v) is 4.09. The van der Waals surface area contributed by atoms with Crippen LogP contribution in [-0.4, -0.2) is 4.98 Å². The highest BCUT2D eigenvalue weighted by atomic mass is 127. The van der Waals surface area contributed by atoms with Gasteiger partial charge in [0.25, 0.3) is 0 Å². The zero-order chi connectivity index (χ0) is 10.7. The molecule has 0 amide bonds. The molecule has 0 spiro atoms. The molecular formula is C11H7FINO. The van der Waals surface area contributed by atoms with Crippen LogP contribution in [0.3, 0.4) is 0 Å². The summed E-state index contributed by atoms with van der Waals surface area (Å²) in [6.45, 7) is 0. The molecule has 0 unspecified atom stereocenters. The van der Waals surface area contributed by atoms with Crippen LogP contribution in [0.5, 0.6) is 11.6 Å². The van der Waals surface area contributed by atoms with Crippen LogP contribution in [0.2, 0.25) is 0 Å². The van der Waals surface area contributed by atoms with Gasteiger partial charge in [0, 0.05) is 15.8 Å². The number of hydrogen-bond donors (Lipinski definition) is 0. The molecule has 15 heavy (non-hydrogen) atoms. The topological polar surface area (TPSA) is 22.1 Å². The lowest BCUT2D eigenvalue weighted by atomic mass is 10.3. The van der Waals surface area contributed by atoms with Crippen molar-refractivity contribution < 1.29 is 9.13 Å². The van der Waals surface area contributed by atoms with Gasteiger partial charge in [0.2, 0.25) is 5.88 Å². The standard InChI is InChI=1S/C11H7FINO/c12-9-7-8(13)4-5-10(9)15-11-3-1-2-6-14-11/h1-7H. The second-order valence-electron chi connectivity index (χ2n) is 2.84. The maximum atomic E-state index is 13.4. The quantitative estimate of drug-likeness (QED) is 0.790. The highest BCUT2D eigenvalue weighted by Crippen LogP contribution is 2.23. The lowest BCUT2D eigenvalue weighted by Gasteiger charge is -2.05. The van der Waals surface area contributed by atoms with Crippen molar-refractivity contribution in [1.82, 2.24) is 4.98 Å². The van der Waals surface area contributed by atoms with Gasteiger partial charge >= 0.3 is 0 Å². The third-order valence-electron chi connectivity index (χ3n) is 1.75. The molecule has 2 aromatic rings. The van der Waals surface area contributed by atoms with E-state index >= 15 is 0 Å². The van der Waals surface area contributed by atoms with E-state index in [4.69, 9.17) is 4.74 Å². The molecule has 0 N–H and O–H groups in total. The Morgan fingerprint density at radius 1 is 1.20 bits per heavy atom. The van der Waals surface area contributed by atoms with Gasteiger partial charge in [-0.05, 0) is 46.9 Å². The normalized spacial score (nSPS) is 10.0. The summed E-state index contributed by atoms with van der Waals surface area (Å²) in [5.41, 5.74) is 0. The summed E-state index contributed by atoms with van der Waals surface area (Å²) >= 11 is 2.04. The fourth-order valence-electron chi connectivity index (χ4n) is 1.08. The largest absolute Gasteiger partial charge is 0.436 e. The summed E-state index contributed by atoms with van der Waals surface area (Å²) in [5, 5.41) is 0. The van der Waals surface area contributed by atoms with Crippen LogP contribution < -0.4 is 4.74 Å². The highest BCUT2D eigenvalue weighted by Gasteiger charge is 2.05. The molecule has 0 saturated carbocycles. The molecular weight excluding hydrogens is 308 g/mol. The number of benzene rings is 1. The molecule has 0 saturated heterocycles. The maximum Gasteiger partial charge on any atom is 0.219 e. The molecule has 0 fully saturated rings. The van der Waals surface area contributed by atoms with Crippen molar-refractivity contribution in [3.63, 3.8) is 0 Å². The van der Waals surface area contributed by atoms with Crippen molar-refractivity contribution in [2.24, 2.45) is 0 Å². The molecule has 0 aliphatic rings. The van der Waals surface area contributed by atoms with Gasteiger partial charge in [-0.15, -0.1) is 0 Å². The number of pyridine rings is 1. The van der Waals surface area contributed by atoms with Gasteiger partial charge in [-0.25, -0.2) is 9.37 Å². The number of rotatable bonds is 2. The van der Waals surface area contributed by atoms with Gasteiger partial charge in [0.15, 0.2) is 11.6 Å². The van der Waals surface area contributed by atoms with Crippen molar-refractivity contribution in [3.05, 3.63) is 52.0 Å². The Morgan fingerprint density at radius 3 is 2.73 bits per heavy atom. The Kier molecular flexibility index (Phi) is 3.15. The van der Waals surface area contributed by atoms with E-state index in [0.717, 1.165) is 3.57 Å². The van der Waals surface area contributed by atoms with Crippen molar-refractivity contribution in [1.29, 1.82) is 0 Å². The summed E-state index contributed by atoms with van der Waals surface area (Å²) in [4.78, 5) is 3.95. The summed E-state index contributed by atoms with van der Waals surface area (Å²) in [7, 11) is 0. The average molecular weight is 315 g/mol. The predicted octanol–water partition coefficient (Wildman–Crippen LogP) is 3.62. The van der Waals surface area contributed by atoms with Gasteiger partial charge in [0.05, 0.1) is 0 Å². The first kappa shape index (κ1) is 10.4. The first-order valence-corrected chi connectivity index (χ1v) is 5.37. The number of halogens is 2. The summed E-state index contributed by atoms with van der Waals surface area (Å²) < 4.78 is 19.5. The van der Waals surface area contributed by atoms with E-state index in [1.54, 1.807) is 36.5 Å². The van der Waals surface area contributed by atoms with E-state index in [0.29, 0.717) is 5.88 Å². The van der Waals surface area contributed by atoms with Crippen molar-refractivity contribution in [2.75, 3.05) is 0 Å². The van der Waals surface area contributed by atoms with Crippen LogP contribution in [0.4, 0.5) is 4.39 Å². The molecule has 2 nitrogen and oxygen atoms in total. The molecule has 4 heteroatoms.